The zero-order chi connectivity index (χ0) is 17.5. The van der Waals surface area contributed by atoms with Gasteiger partial charge in [0.15, 0.2) is 6.10 Å². The van der Waals surface area contributed by atoms with Crippen LogP contribution in [0.25, 0.3) is 0 Å². The molecular formula is C22H34O3. The van der Waals surface area contributed by atoms with E-state index in [4.69, 9.17) is 9.47 Å². The molecule has 0 spiro atoms. The van der Waals surface area contributed by atoms with Crippen molar-refractivity contribution in [3.63, 3.8) is 0 Å². The molecule has 1 aromatic carbocycles. The molecule has 0 aromatic heterocycles. The average Bonchev–Trinajstić information content (AvgIpc) is 2.64. The van der Waals surface area contributed by atoms with Gasteiger partial charge in [0.1, 0.15) is 5.75 Å². The zero-order valence-corrected chi connectivity index (χ0v) is 15.7. The van der Waals surface area contributed by atoms with Gasteiger partial charge < -0.3 is 14.6 Å². The van der Waals surface area contributed by atoms with Crippen LogP contribution in [-0.2, 0) is 11.2 Å². The SMILES string of the molecule is CCCCc1ccccc1OC1CCCCC1(O)OC1CCCCC1. The molecule has 1 N–H and O–H groups in total. The van der Waals surface area contributed by atoms with Crippen LogP contribution >= 0.6 is 0 Å². The molecule has 3 heteroatoms. The number of benzene rings is 1. The quantitative estimate of drug-likeness (QED) is 0.673. The summed E-state index contributed by atoms with van der Waals surface area (Å²) in [5.74, 6) is -0.202. The van der Waals surface area contributed by atoms with Crippen LogP contribution in [0.2, 0.25) is 0 Å². The Kier molecular flexibility index (Phi) is 6.77. The van der Waals surface area contributed by atoms with Gasteiger partial charge in [-0.15, -0.1) is 0 Å². The lowest BCUT2D eigenvalue weighted by molar-refractivity contribution is -0.286. The first-order valence-corrected chi connectivity index (χ1v) is 10.4. The van der Waals surface area contributed by atoms with E-state index in [1.165, 1.54) is 31.2 Å². The molecule has 2 unspecified atom stereocenters. The highest BCUT2D eigenvalue weighted by Gasteiger charge is 2.44. The summed E-state index contributed by atoms with van der Waals surface area (Å²) in [6, 6.07) is 8.29. The lowest BCUT2D eigenvalue weighted by atomic mass is 9.89. The maximum absolute atomic E-state index is 11.3. The van der Waals surface area contributed by atoms with Crippen molar-refractivity contribution < 1.29 is 14.6 Å². The van der Waals surface area contributed by atoms with E-state index in [9.17, 15) is 5.11 Å². The van der Waals surface area contributed by atoms with Crippen molar-refractivity contribution >= 4 is 0 Å². The van der Waals surface area contributed by atoms with E-state index in [2.05, 4.69) is 19.1 Å². The predicted octanol–water partition coefficient (Wildman–Crippen LogP) is 5.39. The molecule has 2 aliphatic carbocycles. The maximum atomic E-state index is 11.3. The summed E-state index contributed by atoms with van der Waals surface area (Å²) < 4.78 is 12.6. The molecule has 2 fully saturated rings. The summed E-state index contributed by atoms with van der Waals surface area (Å²) in [6.45, 7) is 2.21. The summed E-state index contributed by atoms with van der Waals surface area (Å²) in [5, 5.41) is 11.3. The summed E-state index contributed by atoms with van der Waals surface area (Å²) in [7, 11) is 0. The van der Waals surface area contributed by atoms with Crippen LogP contribution in [0.4, 0.5) is 0 Å². The standard InChI is InChI=1S/C22H34O3/c1-2-3-11-18-12-7-8-15-20(18)24-21-16-9-10-17-22(21,23)25-19-13-5-4-6-14-19/h7-8,12,15,19,21,23H,2-6,9-11,13-14,16-17H2,1H3. The van der Waals surface area contributed by atoms with Crippen LogP contribution in [0.15, 0.2) is 24.3 Å². The molecule has 0 radical (unpaired) electrons. The van der Waals surface area contributed by atoms with Crippen molar-refractivity contribution in [2.75, 3.05) is 0 Å². The van der Waals surface area contributed by atoms with Crippen LogP contribution < -0.4 is 4.74 Å². The normalized spacial score (nSPS) is 28.0. The highest BCUT2D eigenvalue weighted by molar-refractivity contribution is 5.33. The van der Waals surface area contributed by atoms with Crippen molar-refractivity contribution in [2.45, 2.75) is 102 Å². The number of para-hydroxylation sites is 1. The Labute approximate surface area is 152 Å². The molecule has 0 bridgehead atoms. The highest BCUT2D eigenvalue weighted by atomic mass is 16.7. The summed E-state index contributed by atoms with van der Waals surface area (Å²) >= 11 is 0. The molecule has 140 valence electrons. The number of aliphatic hydroxyl groups is 1. The van der Waals surface area contributed by atoms with Crippen LogP contribution in [0, 0.1) is 0 Å². The van der Waals surface area contributed by atoms with Gasteiger partial charge in [-0.1, -0.05) is 50.8 Å². The second-order valence-electron chi connectivity index (χ2n) is 7.79. The predicted molar refractivity (Wildman–Crippen MR) is 101 cm³/mol. The fourth-order valence-electron chi connectivity index (χ4n) is 4.20. The van der Waals surface area contributed by atoms with Gasteiger partial charge in [0.2, 0.25) is 5.79 Å². The molecule has 0 amide bonds. The minimum absolute atomic E-state index is 0.193. The third kappa shape index (κ3) is 4.98. The summed E-state index contributed by atoms with van der Waals surface area (Å²) in [5.41, 5.74) is 1.25. The van der Waals surface area contributed by atoms with E-state index in [-0.39, 0.29) is 12.2 Å². The van der Waals surface area contributed by atoms with Gasteiger partial charge in [0, 0.05) is 6.42 Å². The van der Waals surface area contributed by atoms with E-state index in [1.54, 1.807) is 0 Å². The molecular weight excluding hydrogens is 312 g/mol. The Bertz CT molecular complexity index is 524. The van der Waals surface area contributed by atoms with Gasteiger partial charge in [-0.2, -0.15) is 0 Å². The number of aryl methyl sites for hydroxylation is 1. The van der Waals surface area contributed by atoms with Crippen LogP contribution in [0.3, 0.4) is 0 Å². The molecule has 3 rings (SSSR count). The molecule has 0 saturated heterocycles. The van der Waals surface area contributed by atoms with Crippen LogP contribution in [0.1, 0.15) is 83.1 Å². The van der Waals surface area contributed by atoms with Crippen molar-refractivity contribution in [3.8, 4) is 5.75 Å². The number of hydrogen-bond acceptors (Lipinski definition) is 3. The van der Waals surface area contributed by atoms with Crippen molar-refractivity contribution in [1.82, 2.24) is 0 Å². The average molecular weight is 347 g/mol. The molecule has 2 saturated carbocycles. The Balaban J connectivity index is 1.70. The second kappa shape index (κ2) is 9.05. The van der Waals surface area contributed by atoms with Crippen molar-refractivity contribution in [1.29, 1.82) is 0 Å². The fourth-order valence-corrected chi connectivity index (χ4v) is 4.20. The van der Waals surface area contributed by atoms with E-state index >= 15 is 0 Å². The lowest BCUT2D eigenvalue weighted by Crippen LogP contribution is -2.52. The van der Waals surface area contributed by atoms with E-state index in [0.29, 0.717) is 6.42 Å². The van der Waals surface area contributed by atoms with Crippen molar-refractivity contribution in [3.05, 3.63) is 29.8 Å². The van der Waals surface area contributed by atoms with Crippen molar-refractivity contribution in [2.24, 2.45) is 0 Å². The van der Waals surface area contributed by atoms with E-state index < -0.39 is 5.79 Å². The Morgan fingerprint density at radius 3 is 2.60 bits per heavy atom. The minimum Gasteiger partial charge on any atom is -0.485 e. The maximum Gasteiger partial charge on any atom is 0.203 e. The summed E-state index contributed by atoms with van der Waals surface area (Å²) in [6.07, 6.45) is 12.8. The first-order valence-electron chi connectivity index (χ1n) is 10.4. The molecule has 0 heterocycles. The first kappa shape index (κ1) is 18.7. The second-order valence-corrected chi connectivity index (χ2v) is 7.79. The highest BCUT2D eigenvalue weighted by Crippen LogP contribution is 2.37. The van der Waals surface area contributed by atoms with Gasteiger partial charge in [-0.05, 0) is 56.6 Å². The van der Waals surface area contributed by atoms with Gasteiger partial charge >= 0.3 is 0 Å². The first-order chi connectivity index (χ1) is 12.2. The molecule has 3 nitrogen and oxygen atoms in total. The molecule has 2 aliphatic rings. The number of ether oxygens (including phenoxy) is 2. The third-order valence-corrected chi connectivity index (χ3v) is 5.72. The minimum atomic E-state index is -1.13. The van der Waals surface area contributed by atoms with Crippen LogP contribution in [-0.4, -0.2) is 23.1 Å². The Morgan fingerprint density at radius 2 is 1.80 bits per heavy atom. The smallest absolute Gasteiger partial charge is 0.203 e. The monoisotopic (exact) mass is 346 g/mol. The van der Waals surface area contributed by atoms with E-state index in [1.807, 2.05) is 12.1 Å². The molecule has 2 atom stereocenters. The number of rotatable bonds is 7. The van der Waals surface area contributed by atoms with Gasteiger partial charge in [0.05, 0.1) is 6.10 Å². The fraction of sp³-hybridized carbons (Fsp3) is 0.727. The zero-order valence-electron chi connectivity index (χ0n) is 15.7. The lowest BCUT2D eigenvalue weighted by Gasteiger charge is -2.42. The summed E-state index contributed by atoms with van der Waals surface area (Å²) in [4.78, 5) is 0. The van der Waals surface area contributed by atoms with Gasteiger partial charge in [-0.3, -0.25) is 0 Å². The topological polar surface area (TPSA) is 38.7 Å². The third-order valence-electron chi connectivity index (χ3n) is 5.72. The van der Waals surface area contributed by atoms with E-state index in [0.717, 1.165) is 50.7 Å². The largest absolute Gasteiger partial charge is 0.485 e. The van der Waals surface area contributed by atoms with Gasteiger partial charge in [0.25, 0.3) is 0 Å². The molecule has 0 aliphatic heterocycles. The molecule has 25 heavy (non-hydrogen) atoms. The molecule has 1 aromatic rings. The van der Waals surface area contributed by atoms with Crippen LogP contribution in [0.5, 0.6) is 5.75 Å². The number of hydrogen-bond donors (Lipinski definition) is 1. The van der Waals surface area contributed by atoms with Gasteiger partial charge in [-0.25, -0.2) is 0 Å². The Morgan fingerprint density at radius 1 is 1.04 bits per heavy atom. The number of unbranched alkanes of at least 4 members (excludes halogenated alkanes) is 1. The Hall–Kier alpha value is -1.06.